The van der Waals surface area contributed by atoms with Crippen LogP contribution in [0.15, 0.2) is 64.7 Å². The third-order valence-electron chi connectivity index (χ3n) is 4.07. The van der Waals surface area contributed by atoms with Gasteiger partial charge in [-0.05, 0) is 48.9 Å². The number of hydrazone groups is 1. The highest BCUT2D eigenvalue weighted by atomic mass is 35.5. The van der Waals surface area contributed by atoms with Crippen LogP contribution in [0, 0.1) is 0 Å². The Morgan fingerprint density at radius 1 is 1.04 bits per heavy atom. The first-order chi connectivity index (χ1) is 12.2. The summed E-state index contributed by atoms with van der Waals surface area (Å²) in [6.07, 6.45) is 2.08. The number of halogens is 1. The summed E-state index contributed by atoms with van der Waals surface area (Å²) in [6.45, 7) is 2.11. The first-order valence-corrected chi connectivity index (χ1v) is 8.99. The first kappa shape index (κ1) is 16.1. The maximum absolute atomic E-state index is 6.03. The van der Waals surface area contributed by atoms with Gasteiger partial charge in [0.2, 0.25) is 0 Å². The molecular formula is C19H16ClN3OS. The molecule has 25 heavy (non-hydrogen) atoms. The zero-order valence-corrected chi connectivity index (χ0v) is 15.4. The van der Waals surface area contributed by atoms with Gasteiger partial charge in [0.05, 0.1) is 18.5 Å². The van der Waals surface area contributed by atoms with Crippen LogP contribution in [0.4, 0.5) is 0 Å². The molecule has 1 N–H and O–H groups in total. The van der Waals surface area contributed by atoms with Crippen LogP contribution in [0.5, 0.6) is 5.75 Å². The van der Waals surface area contributed by atoms with Gasteiger partial charge in [-0.2, -0.15) is 0 Å². The van der Waals surface area contributed by atoms with E-state index in [0.717, 1.165) is 38.5 Å². The quantitative estimate of drug-likeness (QED) is 0.829. The maximum atomic E-state index is 6.03. The number of allylic oxidation sites excluding steroid dienone is 1. The van der Waals surface area contributed by atoms with Crippen molar-refractivity contribution < 1.29 is 4.74 Å². The van der Waals surface area contributed by atoms with Gasteiger partial charge in [-0.25, -0.2) is 0 Å². The summed E-state index contributed by atoms with van der Waals surface area (Å²) in [5, 5.41) is 6.17. The second-order valence-corrected chi connectivity index (χ2v) is 7.28. The number of hydrogen-bond acceptors (Lipinski definition) is 5. The normalized spacial score (nSPS) is 16.2. The Balaban J connectivity index is 1.70. The molecule has 2 aliphatic rings. The van der Waals surface area contributed by atoms with Crippen molar-refractivity contribution in [3.8, 4) is 5.75 Å². The van der Waals surface area contributed by atoms with Crippen molar-refractivity contribution in [2.75, 3.05) is 7.11 Å². The average molecular weight is 370 g/mol. The van der Waals surface area contributed by atoms with E-state index in [1.54, 1.807) is 18.9 Å². The van der Waals surface area contributed by atoms with Crippen LogP contribution in [-0.4, -0.2) is 17.2 Å². The minimum absolute atomic E-state index is 0.733. The molecule has 2 aromatic rings. The van der Waals surface area contributed by atoms with Crippen LogP contribution < -0.4 is 10.2 Å². The van der Waals surface area contributed by atoms with Gasteiger partial charge >= 0.3 is 0 Å². The number of benzene rings is 2. The summed E-state index contributed by atoms with van der Waals surface area (Å²) >= 11 is 7.68. The lowest BCUT2D eigenvalue weighted by Gasteiger charge is -2.24. The molecule has 4 nitrogen and oxygen atoms in total. The van der Waals surface area contributed by atoms with Crippen molar-refractivity contribution in [3.05, 3.63) is 75.8 Å². The van der Waals surface area contributed by atoms with Crippen LogP contribution in [0.1, 0.15) is 18.1 Å². The van der Waals surface area contributed by atoms with Crippen molar-refractivity contribution in [3.63, 3.8) is 0 Å². The Kier molecular flexibility index (Phi) is 4.19. The van der Waals surface area contributed by atoms with Gasteiger partial charge in [-0.15, -0.1) is 5.10 Å². The molecule has 0 saturated heterocycles. The zero-order chi connectivity index (χ0) is 17.4. The highest BCUT2D eigenvalue weighted by Gasteiger charge is 2.30. The van der Waals surface area contributed by atoms with Crippen LogP contribution in [-0.2, 0) is 0 Å². The molecule has 0 unspecified atom stereocenters. The molecule has 2 aromatic carbocycles. The third kappa shape index (κ3) is 3.01. The molecule has 0 fully saturated rings. The number of nitrogens with zero attached hydrogens (tertiary/aromatic N) is 2. The molecule has 0 saturated carbocycles. The molecule has 126 valence electrons. The molecule has 6 heteroatoms. The molecule has 0 radical (unpaired) electrons. The molecular weight excluding hydrogens is 354 g/mol. The van der Waals surface area contributed by atoms with E-state index in [4.69, 9.17) is 16.3 Å². The summed E-state index contributed by atoms with van der Waals surface area (Å²) < 4.78 is 5.23. The number of nitrogens with one attached hydrogen (secondary N) is 1. The Morgan fingerprint density at radius 2 is 1.72 bits per heavy atom. The lowest BCUT2D eigenvalue weighted by molar-refractivity contribution is 0.415. The first-order valence-electron chi connectivity index (χ1n) is 7.79. The van der Waals surface area contributed by atoms with E-state index in [1.165, 1.54) is 4.91 Å². The van der Waals surface area contributed by atoms with Crippen molar-refractivity contribution in [2.45, 2.75) is 6.92 Å². The molecule has 0 bridgehead atoms. The van der Waals surface area contributed by atoms with Crippen molar-refractivity contribution in [1.29, 1.82) is 0 Å². The van der Waals surface area contributed by atoms with E-state index < -0.39 is 0 Å². The topological polar surface area (TPSA) is 36.9 Å². The number of rotatable bonds is 3. The number of thioether (sulfide) groups is 1. The highest BCUT2D eigenvalue weighted by molar-refractivity contribution is 8.17. The number of methoxy groups -OCH3 is 1. The van der Waals surface area contributed by atoms with E-state index in [9.17, 15) is 0 Å². The molecule has 0 amide bonds. The van der Waals surface area contributed by atoms with Gasteiger partial charge in [-0.3, -0.25) is 10.3 Å². The standard InChI is InChI=1S/C19H16ClN3OS/c1-12-18(14-3-7-15(20)8-4-14)23-11-17(21-22-19(23)25-12)13-5-9-16(24-2)10-6-13/h3-11,21H,1-2H3. The smallest absolute Gasteiger partial charge is 0.196 e. The monoisotopic (exact) mass is 369 g/mol. The number of fused-ring (bicyclic) bond motifs is 1. The van der Waals surface area contributed by atoms with Crippen molar-refractivity contribution >= 4 is 39.9 Å². The highest BCUT2D eigenvalue weighted by Crippen LogP contribution is 2.41. The summed E-state index contributed by atoms with van der Waals surface area (Å²) in [7, 11) is 1.66. The Labute approximate surface area is 155 Å². The van der Waals surface area contributed by atoms with E-state index in [2.05, 4.69) is 28.6 Å². The Hall–Kier alpha value is -2.37. The average Bonchev–Trinajstić information content (AvgIpc) is 2.97. The second kappa shape index (κ2) is 6.50. The van der Waals surface area contributed by atoms with Gasteiger partial charge in [0, 0.05) is 21.7 Å². The second-order valence-electron chi connectivity index (χ2n) is 5.66. The molecule has 0 aliphatic carbocycles. The SMILES string of the molecule is COc1ccc(C2=CN3C(=NN2)SC(C)=C3c2ccc(Cl)cc2)cc1. The van der Waals surface area contributed by atoms with Crippen LogP contribution in [0.3, 0.4) is 0 Å². The van der Waals surface area contributed by atoms with E-state index in [1.807, 2.05) is 48.5 Å². The van der Waals surface area contributed by atoms with Crippen molar-refractivity contribution in [2.24, 2.45) is 5.10 Å². The Bertz CT molecular complexity index is 901. The molecule has 2 heterocycles. The minimum atomic E-state index is 0.733. The lowest BCUT2D eigenvalue weighted by Crippen LogP contribution is -2.26. The fraction of sp³-hybridized carbons (Fsp3) is 0.105. The summed E-state index contributed by atoms with van der Waals surface area (Å²) in [4.78, 5) is 3.33. The van der Waals surface area contributed by atoms with Crippen LogP contribution >= 0.6 is 23.4 Å². The predicted octanol–water partition coefficient (Wildman–Crippen LogP) is 4.96. The van der Waals surface area contributed by atoms with Gasteiger partial charge in [0.15, 0.2) is 5.17 Å². The third-order valence-corrected chi connectivity index (χ3v) is 5.30. The molecule has 0 spiro atoms. The van der Waals surface area contributed by atoms with E-state index in [0.29, 0.717) is 0 Å². The van der Waals surface area contributed by atoms with Gasteiger partial charge in [0.25, 0.3) is 0 Å². The van der Waals surface area contributed by atoms with Crippen LogP contribution in [0.25, 0.3) is 11.4 Å². The number of hydrogen-bond donors (Lipinski definition) is 1. The van der Waals surface area contributed by atoms with Crippen LogP contribution in [0.2, 0.25) is 5.02 Å². The predicted molar refractivity (Wildman–Crippen MR) is 105 cm³/mol. The van der Waals surface area contributed by atoms with E-state index in [-0.39, 0.29) is 0 Å². The maximum Gasteiger partial charge on any atom is 0.196 e. The largest absolute Gasteiger partial charge is 0.497 e. The fourth-order valence-electron chi connectivity index (χ4n) is 2.82. The molecule has 4 rings (SSSR count). The molecule has 0 aromatic heterocycles. The van der Waals surface area contributed by atoms with Crippen molar-refractivity contribution in [1.82, 2.24) is 10.3 Å². The molecule has 0 atom stereocenters. The van der Waals surface area contributed by atoms with E-state index >= 15 is 0 Å². The lowest BCUT2D eigenvalue weighted by atomic mass is 10.1. The number of ether oxygens (including phenoxy) is 1. The van der Waals surface area contributed by atoms with Gasteiger partial charge < -0.3 is 4.74 Å². The van der Waals surface area contributed by atoms with Gasteiger partial charge in [-0.1, -0.05) is 35.5 Å². The number of amidine groups is 1. The minimum Gasteiger partial charge on any atom is -0.497 e. The molecule has 2 aliphatic heterocycles. The fourth-order valence-corrected chi connectivity index (χ4v) is 3.87. The van der Waals surface area contributed by atoms with Gasteiger partial charge in [0.1, 0.15) is 5.75 Å². The Morgan fingerprint density at radius 3 is 2.40 bits per heavy atom. The summed E-state index contributed by atoms with van der Waals surface area (Å²) in [5.74, 6) is 0.832. The zero-order valence-electron chi connectivity index (χ0n) is 13.8. The summed E-state index contributed by atoms with van der Waals surface area (Å²) in [5.41, 5.74) is 7.38. The summed E-state index contributed by atoms with van der Waals surface area (Å²) in [6, 6.07) is 15.8.